The van der Waals surface area contributed by atoms with Crippen LogP contribution in [0.3, 0.4) is 0 Å². The van der Waals surface area contributed by atoms with Gasteiger partial charge in [0, 0.05) is 32.2 Å². The number of aryl methyl sites for hydroxylation is 1. The van der Waals surface area contributed by atoms with Crippen LogP contribution >= 0.6 is 24.0 Å². The van der Waals surface area contributed by atoms with E-state index in [-0.39, 0.29) is 48.1 Å². The normalized spacial score (nSPS) is 17.4. The number of primary amides is 1. The molecule has 182 valence electrons. The van der Waals surface area contributed by atoms with E-state index < -0.39 is 12.8 Å². The van der Waals surface area contributed by atoms with Crippen LogP contribution in [0.1, 0.15) is 30.4 Å². The van der Waals surface area contributed by atoms with E-state index in [4.69, 9.17) is 10.5 Å². The Morgan fingerprint density at radius 2 is 2.09 bits per heavy atom. The van der Waals surface area contributed by atoms with E-state index in [1.807, 2.05) is 6.07 Å². The van der Waals surface area contributed by atoms with Crippen molar-refractivity contribution in [3.8, 4) is 5.75 Å². The Balaban J connectivity index is 0.00000512. The number of aliphatic imine (C=N–C) groups is 1. The minimum absolute atomic E-state index is 0. The van der Waals surface area contributed by atoms with Gasteiger partial charge in [0.05, 0.1) is 5.92 Å². The van der Waals surface area contributed by atoms with Crippen LogP contribution in [0, 0.1) is 12.8 Å². The molecule has 1 aliphatic heterocycles. The second kappa shape index (κ2) is 13.7. The van der Waals surface area contributed by atoms with Gasteiger partial charge in [0.25, 0.3) is 0 Å². The van der Waals surface area contributed by atoms with Gasteiger partial charge in [-0.3, -0.25) is 9.79 Å². The Hall–Kier alpha value is -1.76. The zero-order valence-electron chi connectivity index (χ0n) is 18.5. The molecular weight excluding hydrogens is 538 g/mol. The first-order chi connectivity index (χ1) is 14.7. The lowest BCUT2D eigenvalue weighted by Gasteiger charge is -2.31. The quantitative estimate of drug-likeness (QED) is 0.184. The van der Waals surface area contributed by atoms with Crippen molar-refractivity contribution in [3.63, 3.8) is 0 Å². The summed E-state index contributed by atoms with van der Waals surface area (Å²) in [6, 6.07) is 5.16. The fraction of sp³-hybridized carbons (Fsp3) is 0.619. The van der Waals surface area contributed by atoms with E-state index in [0.29, 0.717) is 24.6 Å². The van der Waals surface area contributed by atoms with Crippen LogP contribution < -0.4 is 21.1 Å². The van der Waals surface area contributed by atoms with Gasteiger partial charge in [0.2, 0.25) is 5.91 Å². The summed E-state index contributed by atoms with van der Waals surface area (Å²) < 4.78 is 42.5. The Kier molecular flexibility index (Phi) is 12.1. The topological polar surface area (TPSA) is 92.0 Å². The largest absolute Gasteiger partial charge is 0.484 e. The predicted molar refractivity (Wildman–Crippen MR) is 129 cm³/mol. The van der Waals surface area contributed by atoms with Crippen molar-refractivity contribution in [2.75, 3.05) is 39.8 Å². The monoisotopic (exact) mass is 571 g/mol. The van der Waals surface area contributed by atoms with Gasteiger partial charge in [-0.1, -0.05) is 12.1 Å². The van der Waals surface area contributed by atoms with Crippen LogP contribution in [0.2, 0.25) is 0 Å². The van der Waals surface area contributed by atoms with Crippen molar-refractivity contribution in [3.05, 3.63) is 29.3 Å². The highest BCUT2D eigenvalue weighted by molar-refractivity contribution is 14.0. The lowest BCUT2D eigenvalue weighted by molar-refractivity contribution is -0.153. The molecule has 1 aromatic rings. The number of nitrogens with one attached hydrogen (secondary N) is 2. The Morgan fingerprint density at radius 1 is 1.34 bits per heavy atom. The van der Waals surface area contributed by atoms with Crippen molar-refractivity contribution in [2.45, 2.75) is 38.9 Å². The summed E-state index contributed by atoms with van der Waals surface area (Å²) in [6.07, 6.45) is -1.71. The van der Waals surface area contributed by atoms with E-state index >= 15 is 0 Å². The van der Waals surface area contributed by atoms with Gasteiger partial charge < -0.3 is 26.0 Å². The molecule has 1 saturated heterocycles. The predicted octanol–water partition coefficient (Wildman–Crippen LogP) is 2.81. The van der Waals surface area contributed by atoms with Gasteiger partial charge in [-0.05, 0) is 50.9 Å². The molecule has 0 aromatic heterocycles. The molecule has 1 amide bonds. The highest BCUT2D eigenvalue weighted by Crippen LogP contribution is 2.23. The first-order valence-electron chi connectivity index (χ1n) is 10.4. The fourth-order valence-electron chi connectivity index (χ4n) is 3.50. The molecule has 2 rings (SSSR count). The summed E-state index contributed by atoms with van der Waals surface area (Å²) in [7, 11) is 1.63. The summed E-state index contributed by atoms with van der Waals surface area (Å²) >= 11 is 0. The highest BCUT2D eigenvalue weighted by Gasteiger charge is 2.29. The summed E-state index contributed by atoms with van der Waals surface area (Å²) in [5.41, 5.74) is 6.85. The van der Waals surface area contributed by atoms with Crippen LogP contribution in [-0.2, 0) is 11.3 Å². The van der Waals surface area contributed by atoms with Crippen molar-refractivity contribution in [1.82, 2.24) is 15.5 Å². The standard InChI is InChI=1S/C21H32F3N5O2.HI/c1-15-6-7-16(18(11-15)31-14-21(22,23)24)12-28-20(26-2)27-8-4-10-29-9-3-5-17(13-29)19(25)30;/h6-7,11,17H,3-5,8-10,12-14H2,1-2H3,(H2,25,30)(H2,26,27,28);1H. The maximum Gasteiger partial charge on any atom is 0.422 e. The van der Waals surface area contributed by atoms with E-state index in [1.165, 1.54) is 0 Å². The Labute approximate surface area is 204 Å². The second-order valence-electron chi connectivity index (χ2n) is 7.76. The minimum Gasteiger partial charge on any atom is -0.484 e. The number of halogens is 4. The molecule has 0 saturated carbocycles. The average Bonchev–Trinajstić information content (AvgIpc) is 2.72. The average molecular weight is 571 g/mol. The van der Waals surface area contributed by atoms with E-state index in [0.717, 1.165) is 37.9 Å². The van der Waals surface area contributed by atoms with Crippen molar-refractivity contribution in [1.29, 1.82) is 0 Å². The number of guanidine groups is 1. The molecule has 0 aliphatic carbocycles. The number of likely N-dealkylation sites (tertiary alicyclic amines) is 1. The van der Waals surface area contributed by atoms with Crippen LogP contribution in [0.15, 0.2) is 23.2 Å². The number of alkyl halides is 3. The molecule has 4 N–H and O–H groups in total. The molecule has 1 heterocycles. The van der Waals surface area contributed by atoms with E-state index in [9.17, 15) is 18.0 Å². The van der Waals surface area contributed by atoms with Crippen LogP contribution in [0.5, 0.6) is 5.75 Å². The van der Waals surface area contributed by atoms with Gasteiger partial charge in [0.15, 0.2) is 12.6 Å². The zero-order chi connectivity index (χ0) is 22.9. The summed E-state index contributed by atoms with van der Waals surface area (Å²) in [5.74, 6) is 0.451. The summed E-state index contributed by atoms with van der Waals surface area (Å²) in [4.78, 5) is 17.8. The molecule has 1 unspecified atom stereocenters. The third kappa shape index (κ3) is 10.2. The van der Waals surface area contributed by atoms with Gasteiger partial charge in [-0.15, -0.1) is 24.0 Å². The summed E-state index contributed by atoms with van der Waals surface area (Å²) in [6.45, 7) is 3.93. The smallest absolute Gasteiger partial charge is 0.422 e. The number of hydrogen-bond donors (Lipinski definition) is 3. The van der Waals surface area contributed by atoms with Crippen molar-refractivity contribution >= 4 is 35.8 Å². The molecule has 1 aromatic carbocycles. The Morgan fingerprint density at radius 3 is 2.75 bits per heavy atom. The first-order valence-corrected chi connectivity index (χ1v) is 10.4. The second-order valence-corrected chi connectivity index (χ2v) is 7.76. The molecule has 0 spiro atoms. The fourth-order valence-corrected chi connectivity index (χ4v) is 3.50. The van der Waals surface area contributed by atoms with Gasteiger partial charge in [-0.25, -0.2) is 0 Å². The minimum atomic E-state index is -4.39. The number of rotatable bonds is 9. The number of hydrogen-bond acceptors (Lipinski definition) is 4. The van der Waals surface area contributed by atoms with Crippen molar-refractivity contribution < 1.29 is 22.7 Å². The zero-order valence-corrected chi connectivity index (χ0v) is 20.8. The van der Waals surface area contributed by atoms with E-state index in [1.54, 1.807) is 26.1 Å². The lowest BCUT2D eigenvalue weighted by Crippen LogP contribution is -2.42. The van der Waals surface area contributed by atoms with Crippen LogP contribution in [-0.4, -0.2) is 62.8 Å². The van der Waals surface area contributed by atoms with Gasteiger partial charge >= 0.3 is 6.18 Å². The third-order valence-electron chi connectivity index (χ3n) is 5.14. The molecule has 0 bridgehead atoms. The van der Waals surface area contributed by atoms with Crippen LogP contribution in [0.4, 0.5) is 13.2 Å². The maximum absolute atomic E-state index is 12.5. The molecule has 1 fully saturated rings. The third-order valence-corrected chi connectivity index (χ3v) is 5.14. The first kappa shape index (κ1) is 28.3. The maximum atomic E-state index is 12.5. The van der Waals surface area contributed by atoms with E-state index in [2.05, 4.69) is 20.5 Å². The lowest BCUT2D eigenvalue weighted by atomic mass is 9.97. The van der Waals surface area contributed by atoms with Gasteiger partial charge in [0.1, 0.15) is 5.75 Å². The molecule has 1 aliphatic rings. The van der Waals surface area contributed by atoms with Gasteiger partial charge in [-0.2, -0.15) is 13.2 Å². The number of ether oxygens (including phenoxy) is 1. The number of carbonyl (C=O) groups excluding carboxylic acids is 1. The highest BCUT2D eigenvalue weighted by atomic mass is 127. The molecule has 1 atom stereocenters. The number of carbonyl (C=O) groups is 1. The molecule has 7 nitrogen and oxygen atoms in total. The SMILES string of the molecule is CN=C(NCCCN1CCCC(C(N)=O)C1)NCc1ccc(C)cc1OCC(F)(F)F.I. The number of amides is 1. The van der Waals surface area contributed by atoms with Crippen LogP contribution in [0.25, 0.3) is 0 Å². The Bertz CT molecular complexity index is 761. The molecule has 32 heavy (non-hydrogen) atoms. The number of nitrogens with zero attached hydrogens (tertiary/aromatic N) is 2. The molecule has 11 heteroatoms. The number of benzene rings is 1. The number of nitrogens with two attached hydrogens (primary N) is 1. The molecular formula is C21H33F3IN5O2. The molecule has 0 radical (unpaired) electrons. The van der Waals surface area contributed by atoms with Crippen molar-refractivity contribution in [2.24, 2.45) is 16.6 Å². The number of piperidine rings is 1. The summed E-state index contributed by atoms with van der Waals surface area (Å²) in [5, 5.41) is 6.31.